The molecular weight excluding hydrogens is 600 g/mol. The second-order valence-corrected chi connectivity index (χ2v) is 8.58. The van der Waals surface area contributed by atoms with Crippen LogP contribution in [0.2, 0.25) is 0 Å². The van der Waals surface area contributed by atoms with Gasteiger partial charge in [-0.05, 0) is 64.0 Å². The number of carbonyl (C=O) groups excluding carboxylic acids is 1. The molecule has 0 bridgehead atoms. The second-order valence-electron chi connectivity index (χ2n) is 7.67. The van der Waals surface area contributed by atoms with Crippen LogP contribution in [0.15, 0.2) is 64.2 Å². The van der Waals surface area contributed by atoms with Crippen molar-refractivity contribution < 1.29 is 14.3 Å². The standard InChI is InChI=1S/C24H25BrFN3O2.CH3I/c1-4-19-18-13-17(26)9-10-20(18)28-22(30)7-5-6-12-24(31,23(29-19)15(2)3)21-11-8-16(25)14-27-21;1-2/h4-6,8-11,13-15,31H,7,12H2,1-3H3,(H,28,30);1H3/b6-5+,19-4-,29-23?;. The first-order chi connectivity index (χ1) is 15.7. The Balaban J connectivity index is 0.00000187. The predicted octanol–water partition coefficient (Wildman–Crippen LogP) is 6.67. The monoisotopic (exact) mass is 627 g/mol. The number of rotatable bonds is 2. The van der Waals surface area contributed by atoms with Gasteiger partial charge in [0.25, 0.3) is 0 Å². The summed E-state index contributed by atoms with van der Waals surface area (Å²) in [5, 5.41) is 14.7. The number of nitrogens with one attached hydrogen (secondary N) is 1. The van der Waals surface area contributed by atoms with Gasteiger partial charge >= 0.3 is 0 Å². The normalized spacial score (nSPS) is 21.1. The molecule has 0 fully saturated rings. The lowest BCUT2D eigenvalue weighted by molar-refractivity contribution is -0.115. The van der Waals surface area contributed by atoms with E-state index in [-0.39, 0.29) is 24.7 Å². The number of pyridine rings is 1. The minimum atomic E-state index is -1.50. The lowest BCUT2D eigenvalue weighted by atomic mass is 9.83. The van der Waals surface area contributed by atoms with E-state index in [1.807, 2.05) is 24.8 Å². The quantitative estimate of drug-likeness (QED) is 0.222. The third-order valence-corrected chi connectivity index (χ3v) is 5.52. The molecule has 2 heterocycles. The van der Waals surface area contributed by atoms with Crippen molar-refractivity contribution in [2.24, 2.45) is 10.9 Å². The zero-order chi connectivity index (χ0) is 24.6. The van der Waals surface area contributed by atoms with Crippen LogP contribution in [-0.4, -0.2) is 26.6 Å². The SMILES string of the molecule is C/C=C1\N=C(C(C)C)C(O)(c2ccc(Br)cn2)C/C=C/CC(=O)Nc2ccc(F)cc21.CI. The Morgan fingerprint density at radius 3 is 2.58 bits per heavy atom. The fourth-order valence-corrected chi connectivity index (χ4v) is 3.79. The van der Waals surface area contributed by atoms with Crippen LogP contribution in [0.5, 0.6) is 0 Å². The van der Waals surface area contributed by atoms with Gasteiger partial charge in [-0.1, -0.05) is 54.7 Å². The number of hydrogen-bond acceptors (Lipinski definition) is 4. The number of aliphatic imine (C=N–C) groups is 1. The second kappa shape index (κ2) is 12.5. The molecule has 1 unspecified atom stereocenters. The van der Waals surface area contributed by atoms with Crippen LogP contribution < -0.4 is 5.32 Å². The molecule has 2 N–H and O–H groups in total. The molecule has 0 saturated carbocycles. The molecule has 0 aliphatic carbocycles. The molecular formula is C25H28BrFIN3O2. The van der Waals surface area contributed by atoms with Crippen molar-refractivity contribution in [3.63, 3.8) is 0 Å². The van der Waals surface area contributed by atoms with Crippen LogP contribution in [-0.2, 0) is 10.4 Å². The number of aromatic nitrogens is 1. The van der Waals surface area contributed by atoms with E-state index >= 15 is 0 Å². The third kappa shape index (κ3) is 6.80. The lowest BCUT2D eigenvalue weighted by Crippen LogP contribution is -2.39. The predicted molar refractivity (Wildman–Crippen MR) is 145 cm³/mol. The fraction of sp³-hybridized carbons (Fsp3) is 0.320. The summed E-state index contributed by atoms with van der Waals surface area (Å²) in [7, 11) is 0. The fourth-order valence-electron chi connectivity index (χ4n) is 3.55. The van der Waals surface area contributed by atoms with Gasteiger partial charge in [0, 0.05) is 29.1 Å². The summed E-state index contributed by atoms with van der Waals surface area (Å²) in [6.07, 6.45) is 7.16. The molecule has 1 atom stereocenters. The zero-order valence-corrected chi connectivity index (χ0v) is 22.8. The number of nitrogens with zero attached hydrogens (tertiary/aromatic N) is 2. The highest BCUT2D eigenvalue weighted by atomic mass is 127. The van der Waals surface area contributed by atoms with E-state index in [1.165, 1.54) is 18.2 Å². The zero-order valence-electron chi connectivity index (χ0n) is 19.1. The number of aliphatic hydroxyl groups is 1. The number of allylic oxidation sites excluding steroid dienone is 1. The average Bonchev–Trinajstić information content (AvgIpc) is 2.79. The van der Waals surface area contributed by atoms with Crippen LogP contribution in [0.4, 0.5) is 10.1 Å². The van der Waals surface area contributed by atoms with Gasteiger partial charge in [0.2, 0.25) is 5.91 Å². The Kier molecular flexibility index (Phi) is 10.4. The number of halogens is 3. The van der Waals surface area contributed by atoms with Gasteiger partial charge in [0.05, 0.1) is 22.8 Å². The van der Waals surface area contributed by atoms with E-state index in [4.69, 9.17) is 4.99 Å². The van der Waals surface area contributed by atoms with Crippen LogP contribution in [0.1, 0.15) is 44.9 Å². The Morgan fingerprint density at radius 2 is 1.97 bits per heavy atom. The third-order valence-electron chi connectivity index (χ3n) is 5.05. The highest BCUT2D eigenvalue weighted by Gasteiger charge is 2.38. The van der Waals surface area contributed by atoms with Crippen molar-refractivity contribution in [1.29, 1.82) is 0 Å². The lowest BCUT2D eigenvalue weighted by Gasteiger charge is -2.31. The van der Waals surface area contributed by atoms with E-state index in [2.05, 4.69) is 48.8 Å². The van der Waals surface area contributed by atoms with Crippen molar-refractivity contribution >= 4 is 61.5 Å². The van der Waals surface area contributed by atoms with Crippen molar-refractivity contribution in [3.8, 4) is 0 Å². The van der Waals surface area contributed by atoms with Gasteiger partial charge in [0.15, 0.2) is 0 Å². The molecule has 1 aromatic carbocycles. The van der Waals surface area contributed by atoms with Crippen LogP contribution in [0.3, 0.4) is 0 Å². The molecule has 1 aliphatic heterocycles. The Labute approximate surface area is 216 Å². The summed E-state index contributed by atoms with van der Waals surface area (Å²) < 4.78 is 14.9. The molecule has 176 valence electrons. The van der Waals surface area contributed by atoms with Crippen LogP contribution in [0, 0.1) is 11.7 Å². The van der Waals surface area contributed by atoms with Crippen LogP contribution >= 0.6 is 38.5 Å². The maximum Gasteiger partial charge on any atom is 0.228 e. The van der Waals surface area contributed by atoms with Gasteiger partial charge in [-0.15, -0.1) is 0 Å². The summed E-state index contributed by atoms with van der Waals surface area (Å²) in [5.41, 5.74) is 0.822. The molecule has 0 saturated heterocycles. The first-order valence-electron chi connectivity index (χ1n) is 10.5. The first kappa shape index (κ1) is 27.3. The Hall–Kier alpha value is -1.91. The number of carbonyl (C=O) groups is 1. The molecule has 2 aromatic rings. The molecule has 5 nitrogen and oxygen atoms in total. The smallest absolute Gasteiger partial charge is 0.228 e. The van der Waals surface area contributed by atoms with Crippen LogP contribution in [0.25, 0.3) is 5.70 Å². The number of hydrogen-bond donors (Lipinski definition) is 2. The van der Waals surface area contributed by atoms with Crippen molar-refractivity contribution in [2.75, 3.05) is 10.2 Å². The van der Waals surface area contributed by atoms with E-state index in [1.54, 1.807) is 37.4 Å². The maximum absolute atomic E-state index is 14.1. The summed E-state index contributed by atoms with van der Waals surface area (Å²) in [6.45, 7) is 5.68. The van der Waals surface area contributed by atoms with Gasteiger partial charge in [0.1, 0.15) is 11.4 Å². The summed E-state index contributed by atoms with van der Waals surface area (Å²) in [6, 6.07) is 7.72. The number of benzene rings is 1. The molecule has 1 aliphatic rings. The summed E-state index contributed by atoms with van der Waals surface area (Å²) in [4.78, 5) is 23.6. The molecule has 1 aromatic heterocycles. The minimum absolute atomic E-state index is 0.125. The summed E-state index contributed by atoms with van der Waals surface area (Å²) in [5.74, 6) is -0.808. The molecule has 0 radical (unpaired) electrons. The van der Waals surface area contributed by atoms with E-state index in [0.29, 0.717) is 28.4 Å². The topological polar surface area (TPSA) is 74.6 Å². The molecule has 3 rings (SSSR count). The number of fused-ring (bicyclic) bond motifs is 1. The Bertz CT molecular complexity index is 1070. The highest BCUT2D eigenvalue weighted by molar-refractivity contribution is 14.1. The summed E-state index contributed by atoms with van der Waals surface area (Å²) >= 11 is 5.53. The number of amides is 1. The highest BCUT2D eigenvalue weighted by Crippen LogP contribution is 2.34. The maximum atomic E-state index is 14.1. The van der Waals surface area contributed by atoms with Crippen molar-refractivity contribution in [1.82, 2.24) is 4.98 Å². The number of alkyl halides is 1. The first-order valence-corrected chi connectivity index (χ1v) is 13.4. The van der Waals surface area contributed by atoms with Gasteiger partial charge in [-0.3, -0.25) is 14.8 Å². The van der Waals surface area contributed by atoms with Gasteiger partial charge in [-0.2, -0.15) is 0 Å². The molecule has 8 heteroatoms. The van der Waals surface area contributed by atoms with Gasteiger partial charge < -0.3 is 10.4 Å². The van der Waals surface area contributed by atoms with E-state index < -0.39 is 11.4 Å². The molecule has 1 amide bonds. The van der Waals surface area contributed by atoms with Gasteiger partial charge in [-0.25, -0.2) is 4.39 Å². The van der Waals surface area contributed by atoms with Crippen molar-refractivity contribution in [3.05, 3.63) is 76.3 Å². The van der Waals surface area contributed by atoms with E-state index in [0.717, 1.165) is 4.47 Å². The molecule has 0 spiro atoms. The average molecular weight is 628 g/mol. The molecule has 33 heavy (non-hydrogen) atoms. The minimum Gasteiger partial charge on any atom is -0.377 e. The number of anilines is 1. The largest absolute Gasteiger partial charge is 0.377 e. The Morgan fingerprint density at radius 1 is 1.24 bits per heavy atom. The van der Waals surface area contributed by atoms with E-state index in [9.17, 15) is 14.3 Å². The van der Waals surface area contributed by atoms with Crippen molar-refractivity contribution in [2.45, 2.75) is 39.2 Å².